The molecule has 0 aliphatic heterocycles. The van der Waals surface area contributed by atoms with Crippen molar-refractivity contribution in [1.82, 2.24) is 29.5 Å². The van der Waals surface area contributed by atoms with Gasteiger partial charge in [-0.05, 0) is 71.8 Å². The smallest absolute Gasteiger partial charge is 0.309 e. The van der Waals surface area contributed by atoms with E-state index in [2.05, 4.69) is 0 Å². The fourth-order valence-electron chi connectivity index (χ4n) is 8.60. The topological polar surface area (TPSA) is 69.4 Å². The van der Waals surface area contributed by atoms with Gasteiger partial charge in [0.1, 0.15) is 0 Å². The molecular weight excluding hydrogens is 883 g/mol. The second-order valence-corrected chi connectivity index (χ2v) is 16.3. The molecule has 0 N–H and O–H groups in total. The summed E-state index contributed by atoms with van der Waals surface area (Å²) >= 11 is 0. The molecule has 0 spiro atoms. The Bertz CT molecular complexity index is 3540. The van der Waals surface area contributed by atoms with E-state index in [-0.39, 0.29) is 17.2 Å². The number of aromatic nitrogens is 6. The minimum absolute atomic E-state index is 0.137. The van der Waals surface area contributed by atoms with E-state index in [0.717, 1.165) is 34.4 Å². The Kier molecular flexibility index (Phi) is 10.6. The van der Waals surface area contributed by atoms with Crippen molar-refractivity contribution in [3.8, 4) is 84.9 Å². The van der Waals surface area contributed by atoms with Crippen LogP contribution < -0.4 is 0 Å². The van der Waals surface area contributed by atoms with E-state index in [1.165, 1.54) is 0 Å². The zero-order valence-corrected chi connectivity index (χ0v) is 36.1. The Morgan fingerprint density at radius 3 is 1.29 bits per heavy atom. The lowest BCUT2D eigenvalue weighted by atomic mass is 9.97. The molecule has 8 aromatic carbocycles. The summed E-state index contributed by atoms with van der Waals surface area (Å²) in [5.74, 6) is 1.62. The van der Waals surface area contributed by atoms with Gasteiger partial charge in [-0.3, -0.25) is 0 Å². The van der Waals surface area contributed by atoms with Crippen molar-refractivity contribution < 1.29 is 26.3 Å². The molecule has 11 aromatic rings. The zero-order valence-electron chi connectivity index (χ0n) is 36.1. The van der Waals surface area contributed by atoms with Crippen LogP contribution in [0.3, 0.4) is 0 Å². The van der Waals surface area contributed by atoms with Crippen molar-refractivity contribution in [3.05, 3.63) is 217 Å². The number of halogens is 6. The molecule has 12 heteroatoms. The van der Waals surface area contributed by atoms with Crippen molar-refractivity contribution in [2.45, 2.75) is 12.4 Å². The summed E-state index contributed by atoms with van der Waals surface area (Å²) in [5, 5.41) is 1.31. The first-order valence-corrected chi connectivity index (χ1v) is 21.8. The maximum absolute atomic E-state index is 14.1. The average Bonchev–Trinajstić information content (AvgIpc) is 3.72. The standard InChI is InChI=1S/C57H34F6N6/c58-56(59,60)42-29-41(30-43(33-42)57(61,62)63)39-25-27-50-45(31-39)44-23-13-14-24-49(44)69(50)51-28-26-40(54-64-47(35-15-5-1-6-16-35)34-48(65-54)36-17-7-2-8-18-36)32-46(51)55-67-52(37-19-9-3-10-20-37)66-53(68-55)38-21-11-4-12-22-38/h1-34H. The minimum atomic E-state index is -5.01. The van der Waals surface area contributed by atoms with Crippen molar-refractivity contribution in [1.29, 1.82) is 0 Å². The SMILES string of the molecule is FC(F)(F)c1cc(-c2ccc3c(c2)c2ccccc2n3-c2ccc(-c3nc(-c4ccccc4)cc(-c4ccccc4)n3)cc2-c2nc(-c3ccccc3)nc(-c3ccccc3)n2)cc(C(F)(F)F)c1. The van der Waals surface area contributed by atoms with Crippen molar-refractivity contribution >= 4 is 21.8 Å². The highest BCUT2D eigenvalue weighted by Gasteiger charge is 2.37. The zero-order chi connectivity index (χ0) is 47.3. The Balaban J connectivity index is 1.18. The van der Waals surface area contributed by atoms with Gasteiger partial charge in [-0.15, -0.1) is 0 Å². The molecule has 0 fully saturated rings. The number of para-hydroxylation sites is 1. The van der Waals surface area contributed by atoms with E-state index >= 15 is 0 Å². The van der Waals surface area contributed by atoms with Gasteiger partial charge in [-0.2, -0.15) is 26.3 Å². The van der Waals surface area contributed by atoms with Gasteiger partial charge in [0, 0.05) is 44.2 Å². The Morgan fingerprint density at radius 1 is 0.304 bits per heavy atom. The lowest BCUT2D eigenvalue weighted by Gasteiger charge is -2.17. The van der Waals surface area contributed by atoms with Gasteiger partial charge in [-0.25, -0.2) is 24.9 Å². The number of hydrogen-bond acceptors (Lipinski definition) is 5. The van der Waals surface area contributed by atoms with Crippen LogP contribution in [-0.4, -0.2) is 29.5 Å². The maximum Gasteiger partial charge on any atom is 0.416 e. The summed E-state index contributed by atoms with van der Waals surface area (Å²) < 4.78 is 86.4. The molecule has 11 rings (SSSR count). The summed E-state index contributed by atoms with van der Waals surface area (Å²) in [6.07, 6.45) is -10.0. The Labute approximate surface area is 390 Å². The molecule has 6 nitrogen and oxygen atoms in total. The number of alkyl halides is 6. The Morgan fingerprint density at radius 2 is 0.754 bits per heavy atom. The molecule has 0 amide bonds. The fourth-order valence-corrected chi connectivity index (χ4v) is 8.60. The molecule has 0 aliphatic carbocycles. The lowest BCUT2D eigenvalue weighted by molar-refractivity contribution is -0.143. The summed E-state index contributed by atoms with van der Waals surface area (Å²) in [4.78, 5) is 25.5. The second-order valence-electron chi connectivity index (χ2n) is 16.3. The van der Waals surface area contributed by atoms with E-state index in [1.807, 2.05) is 174 Å². The molecular formula is C57H34F6N6. The molecule has 334 valence electrons. The third kappa shape index (κ3) is 8.37. The monoisotopic (exact) mass is 916 g/mol. The molecule has 69 heavy (non-hydrogen) atoms. The van der Waals surface area contributed by atoms with E-state index in [0.29, 0.717) is 73.3 Å². The highest BCUT2D eigenvalue weighted by atomic mass is 19.4. The third-order valence-corrected chi connectivity index (χ3v) is 11.9. The molecule has 0 saturated carbocycles. The molecule has 0 radical (unpaired) electrons. The third-order valence-electron chi connectivity index (χ3n) is 11.9. The molecule has 0 saturated heterocycles. The normalized spacial score (nSPS) is 11.9. The van der Waals surface area contributed by atoms with Crippen molar-refractivity contribution in [2.75, 3.05) is 0 Å². The number of fused-ring (bicyclic) bond motifs is 3. The van der Waals surface area contributed by atoms with E-state index in [4.69, 9.17) is 24.9 Å². The molecule has 0 aliphatic rings. The van der Waals surface area contributed by atoms with Crippen LogP contribution in [-0.2, 0) is 12.4 Å². The summed E-state index contributed by atoms with van der Waals surface area (Å²) in [5.41, 5.74) is 5.11. The van der Waals surface area contributed by atoms with Gasteiger partial charge in [0.15, 0.2) is 23.3 Å². The predicted octanol–water partition coefficient (Wildman–Crippen LogP) is 15.5. The Hall–Kier alpha value is -8.77. The second kappa shape index (κ2) is 17.1. The largest absolute Gasteiger partial charge is 0.416 e. The van der Waals surface area contributed by atoms with Crippen LogP contribution in [0.1, 0.15) is 11.1 Å². The van der Waals surface area contributed by atoms with Crippen molar-refractivity contribution in [3.63, 3.8) is 0 Å². The van der Waals surface area contributed by atoms with Crippen molar-refractivity contribution in [2.24, 2.45) is 0 Å². The first-order chi connectivity index (χ1) is 33.4. The number of benzene rings is 8. The number of rotatable bonds is 8. The maximum atomic E-state index is 14.1. The molecule has 3 heterocycles. The van der Waals surface area contributed by atoms with Gasteiger partial charge in [0.05, 0.1) is 39.2 Å². The van der Waals surface area contributed by atoms with E-state index in [1.54, 1.807) is 18.2 Å². The molecule has 3 aromatic heterocycles. The van der Waals surface area contributed by atoms with Crippen LogP contribution in [0, 0.1) is 0 Å². The molecule has 0 bridgehead atoms. The minimum Gasteiger partial charge on any atom is -0.309 e. The highest BCUT2D eigenvalue weighted by molar-refractivity contribution is 6.11. The number of nitrogens with zero attached hydrogens (tertiary/aromatic N) is 6. The van der Waals surface area contributed by atoms with Crippen LogP contribution >= 0.6 is 0 Å². The predicted molar refractivity (Wildman–Crippen MR) is 258 cm³/mol. The van der Waals surface area contributed by atoms with Crippen LogP contribution in [0.15, 0.2) is 206 Å². The van der Waals surface area contributed by atoms with Gasteiger partial charge >= 0.3 is 12.4 Å². The van der Waals surface area contributed by atoms with Crippen LogP contribution in [0.25, 0.3) is 107 Å². The molecule has 0 unspecified atom stereocenters. The first-order valence-electron chi connectivity index (χ1n) is 21.8. The summed E-state index contributed by atoms with van der Waals surface area (Å²) in [6.45, 7) is 0. The van der Waals surface area contributed by atoms with Crippen LogP contribution in [0.2, 0.25) is 0 Å². The van der Waals surface area contributed by atoms with Crippen LogP contribution in [0.5, 0.6) is 0 Å². The van der Waals surface area contributed by atoms with Gasteiger partial charge < -0.3 is 4.57 Å². The first kappa shape index (κ1) is 42.8. The highest BCUT2D eigenvalue weighted by Crippen LogP contribution is 2.42. The van der Waals surface area contributed by atoms with Gasteiger partial charge in [0.2, 0.25) is 0 Å². The lowest BCUT2D eigenvalue weighted by Crippen LogP contribution is -2.11. The fraction of sp³-hybridized carbons (Fsp3) is 0.0351. The van der Waals surface area contributed by atoms with Gasteiger partial charge in [-0.1, -0.05) is 146 Å². The van der Waals surface area contributed by atoms with Crippen LogP contribution in [0.4, 0.5) is 26.3 Å². The number of hydrogen-bond donors (Lipinski definition) is 0. The quantitative estimate of drug-likeness (QED) is 0.142. The summed E-state index contributed by atoms with van der Waals surface area (Å²) in [7, 11) is 0. The molecule has 0 atom stereocenters. The summed E-state index contributed by atoms with van der Waals surface area (Å²) in [6, 6.07) is 60.6. The van der Waals surface area contributed by atoms with E-state index in [9.17, 15) is 26.3 Å². The van der Waals surface area contributed by atoms with Gasteiger partial charge in [0.25, 0.3) is 0 Å². The average molecular weight is 917 g/mol. The van der Waals surface area contributed by atoms with E-state index < -0.39 is 23.5 Å².